The van der Waals surface area contributed by atoms with Gasteiger partial charge in [-0.15, -0.1) is 0 Å². The largest absolute Gasteiger partial charge is 0.381 e. The van der Waals surface area contributed by atoms with Crippen molar-refractivity contribution in [3.8, 4) is 23.3 Å². The van der Waals surface area contributed by atoms with Crippen LogP contribution in [0.25, 0.3) is 11.1 Å². The van der Waals surface area contributed by atoms with Crippen LogP contribution in [0.1, 0.15) is 64.6 Å². The standard InChI is InChI=1S/C27H24N6O2/c1-17-23(21-10-20(13-28)25(32-14-21)18-3-8-35-9-4-18)12-22(15-31-17)33-26(34)19-2-7-30-24(11-19)27(16-29)5-6-27/h2,7,10-12,14-15,18H,3-6,8-9H2,1H3,(H,33,34). The highest BCUT2D eigenvalue weighted by Crippen LogP contribution is 2.46. The van der Waals surface area contributed by atoms with Gasteiger partial charge in [0.2, 0.25) is 0 Å². The number of carbonyl (C=O) groups excluding carboxylic acids is 1. The van der Waals surface area contributed by atoms with Crippen molar-refractivity contribution >= 4 is 11.6 Å². The number of nitrogens with zero attached hydrogens (tertiary/aromatic N) is 5. The van der Waals surface area contributed by atoms with Gasteiger partial charge in [-0.05, 0) is 56.9 Å². The van der Waals surface area contributed by atoms with Crippen molar-refractivity contribution in [1.29, 1.82) is 10.5 Å². The summed E-state index contributed by atoms with van der Waals surface area (Å²) in [5.41, 5.74) is 4.75. The van der Waals surface area contributed by atoms with Crippen molar-refractivity contribution in [2.75, 3.05) is 18.5 Å². The number of pyridine rings is 3. The SMILES string of the molecule is Cc1ncc(NC(=O)c2ccnc(C3(C#N)CC3)c2)cc1-c1cnc(C2CCOCC2)c(C#N)c1. The number of hydrogen-bond acceptors (Lipinski definition) is 7. The number of aryl methyl sites for hydroxylation is 1. The van der Waals surface area contributed by atoms with E-state index >= 15 is 0 Å². The van der Waals surface area contributed by atoms with Gasteiger partial charge in [-0.1, -0.05) is 0 Å². The molecule has 4 heterocycles. The molecule has 8 heteroatoms. The van der Waals surface area contributed by atoms with Crippen LogP contribution >= 0.6 is 0 Å². The van der Waals surface area contributed by atoms with Crippen LogP contribution in [0.4, 0.5) is 5.69 Å². The second kappa shape index (κ2) is 9.25. The second-order valence-corrected chi connectivity index (χ2v) is 9.09. The number of aromatic nitrogens is 3. The zero-order chi connectivity index (χ0) is 24.4. The molecule has 0 unspecified atom stereocenters. The van der Waals surface area contributed by atoms with Crippen LogP contribution in [-0.4, -0.2) is 34.1 Å². The minimum absolute atomic E-state index is 0.221. The highest BCUT2D eigenvalue weighted by Gasteiger charge is 2.46. The molecule has 0 atom stereocenters. The molecule has 0 bridgehead atoms. The Morgan fingerprint density at radius 3 is 2.63 bits per heavy atom. The third-order valence-electron chi connectivity index (χ3n) is 6.78. The molecule has 1 aliphatic heterocycles. The quantitative estimate of drug-likeness (QED) is 0.592. The predicted octanol–water partition coefficient (Wildman–Crippen LogP) is 4.42. The molecule has 2 fully saturated rings. The Kier molecular flexibility index (Phi) is 5.98. The summed E-state index contributed by atoms with van der Waals surface area (Å²) in [6, 6.07) is 11.6. The first-order valence-electron chi connectivity index (χ1n) is 11.7. The van der Waals surface area contributed by atoms with E-state index in [9.17, 15) is 15.3 Å². The third kappa shape index (κ3) is 4.49. The van der Waals surface area contributed by atoms with Crippen molar-refractivity contribution in [1.82, 2.24) is 15.0 Å². The number of nitriles is 2. The van der Waals surface area contributed by atoms with Gasteiger partial charge in [0.15, 0.2) is 0 Å². The highest BCUT2D eigenvalue weighted by molar-refractivity contribution is 6.04. The molecule has 8 nitrogen and oxygen atoms in total. The lowest BCUT2D eigenvalue weighted by molar-refractivity contribution is 0.0844. The Hall–Kier alpha value is -4.14. The van der Waals surface area contributed by atoms with Gasteiger partial charge in [-0.25, -0.2) is 0 Å². The van der Waals surface area contributed by atoms with E-state index in [1.54, 1.807) is 30.7 Å². The van der Waals surface area contributed by atoms with Gasteiger partial charge in [0, 0.05) is 53.9 Å². The Balaban J connectivity index is 1.40. The van der Waals surface area contributed by atoms with Gasteiger partial charge in [0.1, 0.15) is 6.07 Å². The van der Waals surface area contributed by atoms with E-state index in [-0.39, 0.29) is 11.8 Å². The maximum atomic E-state index is 12.9. The number of hydrogen-bond donors (Lipinski definition) is 1. The summed E-state index contributed by atoms with van der Waals surface area (Å²) in [4.78, 5) is 26.3. The summed E-state index contributed by atoms with van der Waals surface area (Å²) >= 11 is 0. The Labute approximate surface area is 203 Å². The molecule has 1 N–H and O–H groups in total. The van der Waals surface area contributed by atoms with Gasteiger partial charge < -0.3 is 10.1 Å². The molecular formula is C27H24N6O2. The van der Waals surface area contributed by atoms with Crippen molar-refractivity contribution in [3.63, 3.8) is 0 Å². The second-order valence-electron chi connectivity index (χ2n) is 9.09. The monoisotopic (exact) mass is 464 g/mol. The zero-order valence-electron chi connectivity index (χ0n) is 19.4. The lowest BCUT2D eigenvalue weighted by Crippen LogP contribution is -2.16. The van der Waals surface area contributed by atoms with Crippen LogP contribution in [0.5, 0.6) is 0 Å². The minimum Gasteiger partial charge on any atom is -0.381 e. The summed E-state index contributed by atoms with van der Waals surface area (Å²) in [7, 11) is 0. The van der Waals surface area contributed by atoms with Crippen molar-refractivity contribution in [3.05, 3.63) is 71.1 Å². The van der Waals surface area contributed by atoms with E-state index in [0.717, 1.165) is 48.2 Å². The van der Waals surface area contributed by atoms with Gasteiger partial charge in [-0.2, -0.15) is 10.5 Å². The fourth-order valence-corrected chi connectivity index (χ4v) is 4.49. The molecule has 35 heavy (non-hydrogen) atoms. The van der Waals surface area contributed by atoms with Gasteiger partial charge >= 0.3 is 0 Å². The van der Waals surface area contributed by atoms with E-state index in [1.807, 2.05) is 19.1 Å². The molecule has 174 valence electrons. The number of amides is 1. The molecular weight excluding hydrogens is 440 g/mol. The molecule has 0 spiro atoms. The molecule has 5 rings (SSSR count). The minimum atomic E-state index is -0.558. The fraction of sp³-hybridized carbons (Fsp3) is 0.333. The zero-order valence-corrected chi connectivity index (χ0v) is 19.4. The van der Waals surface area contributed by atoms with Crippen molar-refractivity contribution in [2.24, 2.45) is 0 Å². The summed E-state index contributed by atoms with van der Waals surface area (Å²) in [5.74, 6) is -0.0805. The first kappa shape index (κ1) is 22.6. The lowest BCUT2D eigenvalue weighted by atomic mass is 9.91. The first-order valence-corrected chi connectivity index (χ1v) is 11.7. The Morgan fingerprint density at radius 1 is 1.11 bits per heavy atom. The number of carbonyl (C=O) groups is 1. The van der Waals surface area contributed by atoms with Gasteiger partial charge in [-0.3, -0.25) is 19.7 Å². The number of nitrogens with one attached hydrogen (secondary N) is 1. The average Bonchev–Trinajstić information content (AvgIpc) is 3.71. The Bertz CT molecular complexity index is 1380. The molecule has 1 amide bonds. The van der Waals surface area contributed by atoms with Crippen LogP contribution < -0.4 is 5.32 Å². The summed E-state index contributed by atoms with van der Waals surface area (Å²) in [5, 5.41) is 22.1. The normalized spacial score (nSPS) is 16.7. The van der Waals surface area contributed by atoms with Gasteiger partial charge in [0.25, 0.3) is 5.91 Å². The summed E-state index contributed by atoms with van der Waals surface area (Å²) in [6.07, 6.45) is 8.18. The average molecular weight is 465 g/mol. The van der Waals surface area contributed by atoms with Crippen LogP contribution in [0.15, 0.2) is 42.9 Å². The van der Waals surface area contributed by atoms with E-state index in [2.05, 4.69) is 32.4 Å². The number of rotatable bonds is 5. The molecule has 1 saturated carbocycles. The lowest BCUT2D eigenvalue weighted by Gasteiger charge is -2.22. The topological polar surface area (TPSA) is 125 Å². The molecule has 0 aromatic carbocycles. The maximum absolute atomic E-state index is 12.9. The molecule has 1 aliphatic carbocycles. The fourth-order valence-electron chi connectivity index (χ4n) is 4.49. The Morgan fingerprint density at radius 2 is 1.91 bits per heavy atom. The van der Waals surface area contributed by atoms with E-state index < -0.39 is 5.41 Å². The molecule has 3 aromatic rings. The van der Waals surface area contributed by atoms with E-state index in [4.69, 9.17) is 4.74 Å². The van der Waals surface area contributed by atoms with Crippen LogP contribution in [0.3, 0.4) is 0 Å². The molecule has 2 aliphatic rings. The summed E-state index contributed by atoms with van der Waals surface area (Å²) in [6.45, 7) is 3.24. The summed E-state index contributed by atoms with van der Waals surface area (Å²) < 4.78 is 5.44. The molecule has 3 aromatic heterocycles. The van der Waals surface area contributed by atoms with Crippen molar-refractivity contribution in [2.45, 2.75) is 43.9 Å². The number of anilines is 1. The number of ether oxygens (including phenoxy) is 1. The van der Waals surface area contributed by atoms with Crippen LogP contribution in [0.2, 0.25) is 0 Å². The first-order chi connectivity index (χ1) is 17.0. The maximum Gasteiger partial charge on any atom is 0.255 e. The molecule has 1 saturated heterocycles. The third-order valence-corrected chi connectivity index (χ3v) is 6.78. The van der Waals surface area contributed by atoms with E-state index in [0.29, 0.717) is 35.7 Å². The smallest absolute Gasteiger partial charge is 0.255 e. The van der Waals surface area contributed by atoms with Gasteiger partial charge in [0.05, 0.1) is 40.3 Å². The van der Waals surface area contributed by atoms with Crippen molar-refractivity contribution < 1.29 is 9.53 Å². The van der Waals surface area contributed by atoms with Crippen LogP contribution in [-0.2, 0) is 10.2 Å². The highest BCUT2D eigenvalue weighted by atomic mass is 16.5. The molecule has 0 radical (unpaired) electrons. The van der Waals surface area contributed by atoms with Crippen LogP contribution in [0, 0.1) is 29.6 Å². The van der Waals surface area contributed by atoms with E-state index in [1.165, 1.54) is 0 Å². The predicted molar refractivity (Wildman–Crippen MR) is 128 cm³/mol.